The highest BCUT2D eigenvalue weighted by molar-refractivity contribution is 7.19. The van der Waals surface area contributed by atoms with E-state index in [1.165, 1.54) is 14.2 Å². The summed E-state index contributed by atoms with van der Waals surface area (Å²) in [6.07, 6.45) is 0. The number of methoxy groups -OCH3 is 2. The zero-order valence-corrected chi connectivity index (χ0v) is 19.3. The van der Waals surface area contributed by atoms with Gasteiger partial charge >= 0.3 is 5.97 Å². The maximum Gasteiger partial charge on any atom is 0.341 e. The number of hydrogen-bond acceptors (Lipinski definition) is 6. The van der Waals surface area contributed by atoms with Gasteiger partial charge in [0.2, 0.25) is 0 Å². The van der Waals surface area contributed by atoms with Gasteiger partial charge in [0.15, 0.2) is 0 Å². The predicted octanol–water partition coefficient (Wildman–Crippen LogP) is 4.97. The first-order chi connectivity index (χ1) is 15.3. The minimum absolute atomic E-state index is 0.145. The van der Waals surface area contributed by atoms with E-state index in [2.05, 4.69) is 10.6 Å². The summed E-state index contributed by atoms with van der Waals surface area (Å²) in [7, 11) is 2.72. The van der Waals surface area contributed by atoms with E-state index < -0.39 is 11.9 Å². The van der Waals surface area contributed by atoms with Gasteiger partial charge < -0.3 is 20.1 Å². The van der Waals surface area contributed by atoms with E-state index in [0.29, 0.717) is 27.4 Å². The van der Waals surface area contributed by atoms with Crippen molar-refractivity contribution in [3.63, 3.8) is 0 Å². The Labute approximate surface area is 190 Å². The minimum Gasteiger partial charge on any atom is -0.496 e. The maximum atomic E-state index is 13.0. The van der Waals surface area contributed by atoms with Crippen molar-refractivity contribution in [1.29, 1.82) is 0 Å². The summed E-state index contributed by atoms with van der Waals surface area (Å²) in [6, 6.07) is 12.4. The van der Waals surface area contributed by atoms with Gasteiger partial charge in [-0.2, -0.15) is 0 Å². The number of carbonyl (C=O) groups is 3. The molecular weight excluding hydrogens is 428 g/mol. The Balaban J connectivity index is 1.96. The first-order valence-corrected chi connectivity index (χ1v) is 10.6. The third kappa shape index (κ3) is 4.65. The molecule has 0 atom stereocenters. The Bertz CT molecular complexity index is 1200. The Morgan fingerprint density at radius 3 is 2.28 bits per heavy atom. The van der Waals surface area contributed by atoms with E-state index in [-0.39, 0.29) is 16.5 Å². The number of rotatable bonds is 6. The van der Waals surface area contributed by atoms with Crippen LogP contribution in [0, 0.1) is 20.8 Å². The van der Waals surface area contributed by atoms with E-state index >= 15 is 0 Å². The van der Waals surface area contributed by atoms with Crippen LogP contribution >= 0.6 is 11.3 Å². The summed E-state index contributed by atoms with van der Waals surface area (Å²) in [5.74, 6) is -1.08. The van der Waals surface area contributed by atoms with Crippen LogP contribution in [-0.2, 0) is 4.74 Å². The largest absolute Gasteiger partial charge is 0.496 e. The second-order valence-electron chi connectivity index (χ2n) is 7.18. The number of nitrogens with one attached hydrogen (secondary N) is 2. The molecule has 2 amide bonds. The van der Waals surface area contributed by atoms with Crippen molar-refractivity contribution in [3.8, 4) is 5.75 Å². The Morgan fingerprint density at radius 1 is 0.906 bits per heavy atom. The molecule has 0 aliphatic heterocycles. The fraction of sp³-hybridized carbons (Fsp3) is 0.208. The highest BCUT2D eigenvalue weighted by Gasteiger charge is 2.27. The Hall–Kier alpha value is -3.65. The van der Waals surface area contributed by atoms with Gasteiger partial charge in [0.1, 0.15) is 10.8 Å². The smallest absolute Gasteiger partial charge is 0.341 e. The summed E-state index contributed by atoms with van der Waals surface area (Å²) in [4.78, 5) is 38.7. The number of hydrogen-bond donors (Lipinski definition) is 2. The lowest BCUT2D eigenvalue weighted by molar-refractivity contribution is 0.0601. The van der Waals surface area contributed by atoms with Crippen molar-refractivity contribution in [2.75, 3.05) is 24.9 Å². The van der Waals surface area contributed by atoms with Crippen molar-refractivity contribution in [3.05, 3.63) is 75.2 Å². The van der Waals surface area contributed by atoms with E-state index in [1.807, 2.05) is 32.0 Å². The van der Waals surface area contributed by atoms with E-state index in [4.69, 9.17) is 9.47 Å². The lowest BCUT2D eigenvalue weighted by Gasteiger charge is -2.09. The molecule has 8 heteroatoms. The molecule has 32 heavy (non-hydrogen) atoms. The third-order valence-corrected chi connectivity index (χ3v) is 6.16. The molecule has 2 N–H and O–H groups in total. The summed E-state index contributed by atoms with van der Waals surface area (Å²) in [5, 5.41) is 5.85. The highest BCUT2D eigenvalue weighted by Crippen LogP contribution is 2.35. The molecule has 0 spiro atoms. The van der Waals surface area contributed by atoms with Gasteiger partial charge in [0.25, 0.3) is 11.8 Å². The van der Waals surface area contributed by atoms with Crippen molar-refractivity contribution < 1.29 is 23.9 Å². The molecule has 166 valence electrons. The summed E-state index contributed by atoms with van der Waals surface area (Å²) >= 11 is 1.02. The number of thiophene rings is 1. The van der Waals surface area contributed by atoms with Gasteiger partial charge in [0.05, 0.1) is 30.2 Å². The van der Waals surface area contributed by atoms with Crippen LogP contribution in [-0.4, -0.2) is 32.0 Å². The molecule has 0 saturated heterocycles. The summed E-state index contributed by atoms with van der Waals surface area (Å²) in [6.45, 7) is 5.53. The van der Waals surface area contributed by atoms with Crippen molar-refractivity contribution >= 4 is 39.8 Å². The van der Waals surface area contributed by atoms with E-state index in [9.17, 15) is 14.4 Å². The SMILES string of the molecule is COC(=O)c1c(NC(=O)c2ccccc2OC)sc(C(=O)Nc2ccc(C)cc2C)c1C. The Kier molecular flexibility index (Phi) is 6.95. The standard InChI is InChI=1S/C24H24N2O5S/c1-13-10-11-17(14(2)12-13)25-22(28)20-15(3)19(24(29)31-5)23(32-20)26-21(27)16-8-6-7-9-18(16)30-4/h6-12H,1-5H3,(H,25,28)(H,26,27). The number of para-hydroxylation sites is 1. The number of aryl methyl sites for hydroxylation is 2. The third-order valence-electron chi connectivity index (χ3n) is 4.95. The topological polar surface area (TPSA) is 93.7 Å². The number of amides is 2. The number of esters is 1. The van der Waals surface area contributed by atoms with Crippen LogP contribution in [0.4, 0.5) is 10.7 Å². The van der Waals surface area contributed by atoms with Crippen molar-refractivity contribution in [1.82, 2.24) is 0 Å². The van der Waals surface area contributed by atoms with Gasteiger partial charge in [-0.25, -0.2) is 4.79 Å². The van der Waals surface area contributed by atoms with Gasteiger partial charge in [-0.1, -0.05) is 29.8 Å². The fourth-order valence-corrected chi connectivity index (χ4v) is 4.39. The molecule has 0 saturated carbocycles. The van der Waals surface area contributed by atoms with Crippen LogP contribution in [0.5, 0.6) is 5.75 Å². The fourth-order valence-electron chi connectivity index (χ4n) is 3.30. The maximum absolute atomic E-state index is 13.0. The first-order valence-electron chi connectivity index (χ1n) is 9.81. The molecule has 3 aromatic rings. The second kappa shape index (κ2) is 9.65. The number of anilines is 2. The van der Waals surface area contributed by atoms with Crippen molar-refractivity contribution in [2.24, 2.45) is 0 Å². The van der Waals surface area contributed by atoms with Crippen LogP contribution in [0.25, 0.3) is 0 Å². The molecule has 1 aromatic heterocycles. The molecule has 3 rings (SSSR count). The quantitative estimate of drug-likeness (QED) is 0.515. The normalized spacial score (nSPS) is 10.4. The second-order valence-corrected chi connectivity index (χ2v) is 8.20. The number of ether oxygens (including phenoxy) is 2. The van der Waals surface area contributed by atoms with Crippen LogP contribution in [0.1, 0.15) is 47.1 Å². The van der Waals surface area contributed by atoms with Crippen LogP contribution in [0.2, 0.25) is 0 Å². The average molecular weight is 453 g/mol. The monoisotopic (exact) mass is 452 g/mol. The van der Waals surface area contributed by atoms with Crippen LogP contribution in [0.15, 0.2) is 42.5 Å². The highest BCUT2D eigenvalue weighted by atomic mass is 32.1. The molecule has 0 fully saturated rings. The minimum atomic E-state index is -0.639. The van der Waals surface area contributed by atoms with Gasteiger partial charge in [-0.15, -0.1) is 11.3 Å². The summed E-state index contributed by atoms with van der Waals surface area (Å²) < 4.78 is 10.1. The first kappa shape index (κ1) is 23.0. The lowest BCUT2D eigenvalue weighted by Crippen LogP contribution is -2.15. The van der Waals surface area contributed by atoms with Gasteiger partial charge in [-0.3, -0.25) is 9.59 Å². The predicted molar refractivity (Wildman–Crippen MR) is 125 cm³/mol. The zero-order valence-electron chi connectivity index (χ0n) is 18.5. The summed E-state index contributed by atoms with van der Waals surface area (Å²) in [5.41, 5.74) is 3.56. The van der Waals surface area contributed by atoms with E-state index in [0.717, 1.165) is 22.5 Å². The molecule has 0 unspecified atom stereocenters. The number of carbonyl (C=O) groups excluding carboxylic acids is 3. The molecule has 7 nitrogen and oxygen atoms in total. The zero-order chi connectivity index (χ0) is 23.4. The van der Waals surface area contributed by atoms with Gasteiger partial charge in [0, 0.05) is 5.69 Å². The number of benzene rings is 2. The van der Waals surface area contributed by atoms with Crippen LogP contribution in [0.3, 0.4) is 0 Å². The Morgan fingerprint density at radius 2 is 1.62 bits per heavy atom. The van der Waals surface area contributed by atoms with E-state index in [1.54, 1.807) is 31.2 Å². The molecule has 1 heterocycles. The molecular formula is C24H24N2O5S. The van der Waals surface area contributed by atoms with Gasteiger partial charge in [-0.05, 0) is 50.1 Å². The van der Waals surface area contributed by atoms with Crippen molar-refractivity contribution in [2.45, 2.75) is 20.8 Å². The van der Waals surface area contributed by atoms with Crippen LogP contribution < -0.4 is 15.4 Å². The molecule has 0 radical (unpaired) electrons. The molecule has 0 bridgehead atoms. The molecule has 2 aromatic carbocycles. The average Bonchev–Trinajstić information content (AvgIpc) is 3.10. The molecule has 0 aliphatic rings. The molecule has 0 aliphatic carbocycles. The lowest BCUT2D eigenvalue weighted by atomic mass is 10.1.